The van der Waals surface area contributed by atoms with E-state index in [1.165, 1.54) is 48.7 Å². The Kier molecular flexibility index (Phi) is 5.97. The molecule has 0 aliphatic carbocycles. The summed E-state index contributed by atoms with van der Waals surface area (Å²) in [5, 5.41) is 9.52. The van der Waals surface area contributed by atoms with E-state index in [1.807, 2.05) is 60.7 Å². The molecule has 0 spiro atoms. The first-order valence-corrected chi connectivity index (χ1v) is 15.7. The molecule has 2 aromatic heterocycles. The van der Waals surface area contributed by atoms with E-state index in [4.69, 9.17) is 19.4 Å². The Labute approximate surface area is 266 Å². The molecule has 2 heterocycles. The lowest BCUT2D eigenvalue weighted by Crippen LogP contribution is -2.00. The highest BCUT2D eigenvalue weighted by Gasteiger charge is 2.18. The summed E-state index contributed by atoms with van der Waals surface area (Å²) in [5.41, 5.74) is 6.01. The molecule has 0 aliphatic heterocycles. The molecule has 0 saturated carbocycles. The number of aromatic nitrogens is 3. The highest BCUT2D eigenvalue weighted by Crippen LogP contribution is 2.43. The van der Waals surface area contributed by atoms with E-state index in [1.54, 1.807) is 0 Å². The Morgan fingerprint density at radius 3 is 1.63 bits per heavy atom. The van der Waals surface area contributed by atoms with Crippen molar-refractivity contribution in [3.63, 3.8) is 0 Å². The molecule has 0 saturated heterocycles. The van der Waals surface area contributed by atoms with Crippen LogP contribution >= 0.6 is 0 Å². The van der Waals surface area contributed by atoms with Crippen LogP contribution in [0.15, 0.2) is 138 Å². The quantitative estimate of drug-likeness (QED) is 0.191. The van der Waals surface area contributed by atoms with Gasteiger partial charge in [-0.05, 0) is 68.7 Å². The molecule has 46 heavy (non-hydrogen) atoms. The summed E-state index contributed by atoms with van der Waals surface area (Å²) in [7, 11) is 0. The van der Waals surface area contributed by atoms with Crippen molar-refractivity contribution in [3.8, 4) is 34.2 Å². The fraction of sp³-hybridized carbons (Fsp3) is 0.0714. The Hall–Kier alpha value is -5.87. The van der Waals surface area contributed by atoms with E-state index in [2.05, 4.69) is 86.6 Å². The van der Waals surface area contributed by atoms with Crippen molar-refractivity contribution in [2.24, 2.45) is 0 Å². The number of rotatable bonds is 4. The van der Waals surface area contributed by atoms with Crippen molar-refractivity contribution in [1.82, 2.24) is 15.0 Å². The lowest BCUT2D eigenvalue weighted by molar-refractivity contribution is 0.669. The van der Waals surface area contributed by atoms with Gasteiger partial charge in [0.2, 0.25) is 0 Å². The normalized spacial score (nSPS) is 11.9. The van der Waals surface area contributed by atoms with Gasteiger partial charge in [0.15, 0.2) is 17.5 Å². The maximum absolute atomic E-state index is 6.41. The van der Waals surface area contributed by atoms with Crippen molar-refractivity contribution >= 4 is 54.3 Å². The summed E-state index contributed by atoms with van der Waals surface area (Å²) < 4.78 is 6.41. The second kappa shape index (κ2) is 10.4. The molecule has 0 amide bonds. The molecule has 0 N–H and O–H groups in total. The zero-order valence-electron chi connectivity index (χ0n) is 25.5. The summed E-state index contributed by atoms with van der Waals surface area (Å²) in [6.45, 7) is 4.47. The van der Waals surface area contributed by atoms with Crippen LogP contribution in [0.2, 0.25) is 0 Å². The van der Waals surface area contributed by atoms with Crippen LogP contribution in [0.5, 0.6) is 0 Å². The average molecular weight is 592 g/mol. The maximum Gasteiger partial charge on any atom is 0.164 e. The Balaban J connectivity index is 1.33. The minimum absolute atomic E-state index is 0.431. The summed E-state index contributed by atoms with van der Waals surface area (Å²) >= 11 is 0. The van der Waals surface area contributed by atoms with Crippen LogP contribution < -0.4 is 0 Å². The second-order valence-corrected chi connectivity index (χ2v) is 12.2. The molecule has 9 aromatic rings. The van der Waals surface area contributed by atoms with Gasteiger partial charge in [-0.15, -0.1) is 0 Å². The molecule has 4 nitrogen and oxygen atoms in total. The molecule has 0 radical (unpaired) electrons. The molecule has 218 valence electrons. The van der Waals surface area contributed by atoms with Crippen LogP contribution in [0.1, 0.15) is 25.3 Å². The van der Waals surface area contributed by atoms with Crippen LogP contribution in [0.3, 0.4) is 0 Å². The molecule has 0 aliphatic rings. The van der Waals surface area contributed by atoms with Gasteiger partial charge in [0.25, 0.3) is 0 Å². The molecular weight excluding hydrogens is 562 g/mol. The lowest BCUT2D eigenvalue weighted by Gasteiger charge is -2.13. The number of hydrogen-bond acceptors (Lipinski definition) is 4. The Bertz CT molecular complexity index is 2530. The Morgan fingerprint density at radius 1 is 0.413 bits per heavy atom. The topological polar surface area (TPSA) is 51.8 Å². The summed E-state index contributed by atoms with van der Waals surface area (Å²) in [6, 6.07) is 46.5. The zero-order chi connectivity index (χ0) is 30.8. The molecule has 0 bridgehead atoms. The number of furan rings is 1. The van der Waals surface area contributed by atoms with Crippen LogP contribution in [0.4, 0.5) is 0 Å². The third kappa shape index (κ3) is 4.18. The number of fused-ring (bicyclic) bond motifs is 10. The van der Waals surface area contributed by atoms with Crippen molar-refractivity contribution in [2.45, 2.75) is 19.8 Å². The monoisotopic (exact) mass is 591 g/mol. The number of nitrogens with zero attached hydrogens (tertiary/aromatic N) is 3. The standard InChI is InChI=1S/C42H29N3O/c1-25(2)28-18-21-36-35(23-28)39-37(46-36)22-20-33-31-19-17-29(24-34(31)30-15-9-10-16-32(30)38(33)39)42-44-40(26-11-5-3-6-12-26)43-41(45-42)27-13-7-4-8-14-27/h3-25H,1-2H3. The first-order chi connectivity index (χ1) is 22.6. The van der Waals surface area contributed by atoms with Gasteiger partial charge in [-0.3, -0.25) is 0 Å². The minimum atomic E-state index is 0.431. The number of benzene rings is 7. The fourth-order valence-electron chi connectivity index (χ4n) is 6.76. The molecule has 0 atom stereocenters. The molecule has 9 rings (SSSR count). The maximum atomic E-state index is 6.41. The summed E-state index contributed by atoms with van der Waals surface area (Å²) in [4.78, 5) is 14.9. The largest absolute Gasteiger partial charge is 0.456 e. The Morgan fingerprint density at radius 2 is 0.957 bits per heavy atom. The van der Waals surface area contributed by atoms with E-state index in [0.29, 0.717) is 23.4 Å². The molecule has 0 fully saturated rings. The second-order valence-electron chi connectivity index (χ2n) is 12.2. The molecule has 7 aromatic carbocycles. The summed E-state index contributed by atoms with van der Waals surface area (Å²) in [5.74, 6) is 2.39. The van der Waals surface area contributed by atoms with Crippen LogP contribution in [-0.4, -0.2) is 15.0 Å². The van der Waals surface area contributed by atoms with Crippen molar-refractivity contribution in [3.05, 3.63) is 139 Å². The van der Waals surface area contributed by atoms with Gasteiger partial charge < -0.3 is 4.42 Å². The van der Waals surface area contributed by atoms with Gasteiger partial charge in [0.1, 0.15) is 11.2 Å². The summed E-state index contributed by atoms with van der Waals surface area (Å²) in [6.07, 6.45) is 0. The number of hydrogen-bond donors (Lipinski definition) is 0. The fourth-order valence-corrected chi connectivity index (χ4v) is 6.76. The van der Waals surface area contributed by atoms with Gasteiger partial charge in [-0.2, -0.15) is 0 Å². The highest BCUT2D eigenvalue weighted by atomic mass is 16.3. The molecular formula is C42H29N3O. The van der Waals surface area contributed by atoms with Gasteiger partial charge in [-0.1, -0.05) is 117 Å². The molecule has 4 heteroatoms. The highest BCUT2D eigenvalue weighted by molar-refractivity contribution is 6.34. The van der Waals surface area contributed by atoms with Crippen molar-refractivity contribution in [1.29, 1.82) is 0 Å². The average Bonchev–Trinajstić information content (AvgIpc) is 3.50. The van der Waals surface area contributed by atoms with Crippen molar-refractivity contribution in [2.75, 3.05) is 0 Å². The van der Waals surface area contributed by atoms with E-state index < -0.39 is 0 Å². The predicted octanol–water partition coefficient (Wildman–Crippen LogP) is 11.4. The van der Waals surface area contributed by atoms with Gasteiger partial charge >= 0.3 is 0 Å². The minimum Gasteiger partial charge on any atom is -0.456 e. The van der Waals surface area contributed by atoms with E-state index in [9.17, 15) is 0 Å². The molecule has 0 unspecified atom stereocenters. The van der Waals surface area contributed by atoms with E-state index in [-0.39, 0.29) is 0 Å². The van der Waals surface area contributed by atoms with E-state index in [0.717, 1.165) is 27.9 Å². The van der Waals surface area contributed by atoms with Gasteiger partial charge in [-0.25, -0.2) is 15.0 Å². The predicted molar refractivity (Wildman–Crippen MR) is 190 cm³/mol. The van der Waals surface area contributed by atoms with Gasteiger partial charge in [0, 0.05) is 32.8 Å². The lowest BCUT2D eigenvalue weighted by atomic mass is 9.90. The van der Waals surface area contributed by atoms with Gasteiger partial charge in [0.05, 0.1) is 0 Å². The third-order valence-corrected chi connectivity index (χ3v) is 9.08. The van der Waals surface area contributed by atoms with E-state index >= 15 is 0 Å². The van der Waals surface area contributed by atoms with Crippen LogP contribution in [-0.2, 0) is 0 Å². The SMILES string of the molecule is CC(C)c1ccc2oc3ccc4c5ccc(-c6nc(-c7ccccc7)nc(-c7ccccc7)n6)cc5c5ccccc5c4c3c2c1. The van der Waals surface area contributed by atoms with Crippen molar-refractivity contribution < 1.29 is 4.42 Å². The first kappa shape index (κ1) is 26.5. The van der Waals surface area contributed by atoms with Crippen LogP contribution in [0, 0.1) is 0 Å². The third-order valence-electron chi connectivity index (χ3n) is 9.08. The smallest absolute Gasteiger partial charge is 0.164 e. The van der Waals surface area contributed by atoms with Crippen LogP contribution in [0.25, 0.3) is 88.4 Å². The first-order valence-electron chi connectivity index (χ1n) is 15.7. The zero-order valence-corrected chi connectivity index (χ0v) is 25.5.